The number of nitrogens with zero attached hydrogens (tertiary/aromatic N) is 2. The molecule has 0 bridgehead atoms. The van der Waals surface area contributed by atoms with E-state index in [0.29, 0.717) is 18.9 Å². The van der Waals surface area contributed by atoms with E-state index < -0.39 is 15.9 Å². The summed E-state index contributed by atoms with van der Waals surface area (Å²) in [6.07, 6.45) is 0. The van der Waals surface area contributed by atoms with Crippen molar-refractivity contribution in [2.45, 2.75) is 11.8 Å². The van der Waals surface area contributed by atoms with Gasteiger partial charge in [-0.3, -0.25) is 4.79 Å². The van der Waals surface area contributed by atoms with Crippen molar-refractivity contribution in [3.63, 3.8) is 0 Å². The summed E-state index contributed by atoms with van der Waals surface area (Å²) in [6, 6.07) is 8.73. The van der Waals surface area contributed by atoms with E-state index >= 15 is 0 Å². The van der Waals surface area contributed by atoms with Gasteiger partial charge in [-0.15, -0.1) is 11.3 Å². The second-order valence-electron chi connectivity index (χ2n) is 6.31. The van der Waals surface area contributed by atoms with Crippen molar-refractivity contribution >= 4 is 61.8 Å². The maximum atomic E-state index is 12.8. The van der Waals surface area contributed by atoms with Gasteiger partial charge in [-0.25, -0.2) is 8.42 Å². The number of morpholine rings is 1. The number of carbonyl (C=O) groups excluding carboxylic acids is 1. The van der Waals surface area contributed by atoms with Crippen LogP contribution in [-0.2, 0) is 19.6 Å². The van der Waals surface area contributed by atoms with Gasteiger partial charge in [0.15, 0.2) is 0 Å². The number of amides is 1. The van der Waals surface area contributed by atoms with Crippen molar-refractivity contribution in [3.8, 4) is 0 Å². The molecule has 158 valence electrons. The number of rotatable bonds is 7. The Balaban J connectivity index is 1.65. The standard InChI is InChI=1S/C18H21Cl2N3O4S2/c1-2-23(29(25,26)15-11-16(19)28-18(15)20)12-17(24)21-13-3-5-14(6-4-13)22-7-9-27-10-8-22/h3-6,11H,2,7-10,12H2,1H3,(H,21,24). The second-order valence-corrected chi connectivity index (χ2v) is 10.5. The smallest absolute Gasteiger partial charge is 0.245 e. The van der Waals surface area contributed by atoms with Gasteiger partial charge >= 0.3 is 0 Å². The molecule has 29 heavy (non-hydrogen) atoms. The molecule has 1 N–H and O–H groups in total. The highest BCUT2D eigenvalue weighted by Gasteiger charge is 2.29. The van der Waals surface area contributed by atoms with E-state index in [-0.39, 0.29) is 26.7 Å². The molecule has 1 fully saturated rings. The molecule has 7 nitrogen and oxygen atoms in total. The van der Waals surface area contributed by atoms with Crippen LogP contribution in [0.5, 0.6) is 0 Å². The van der Waals surface area contributed by atoms with Crippen molar-refractivity contribution < 1.29 is 17.9 Å². The fourth-order valence-corrected chi connectivity index (χ4v) is 6.46. The van der Waals surface area contributed by atoms with Crippen molar-refractivity contribution in [2.24, 2.45) is 0 Å². The van der Waals surface area contributed by atoms with E-state index in [9.17, 15) is 13.2 Å². The van der Waals surface area contributed by atoms with E-state index in [1.807, 2.05) is 12.1 Å². The first kappa shape index (κ1) is 22.3. The van der Waals surface area contributed by atoms with E-state index in [1.54, 1.807) is 19.1 Å². The Morgan fingerprint density at radius 2 is 1.90 bits per heavy atom. The highest BCUT2D eigenvalue weighted by atomic mass is 35.5. The molecule has 1 saturated heterocycles. The van der Waals surface area contributed by atoms with E-state index in [4.69, 9.17) is 27.9 Å². The number of benzene rings is 1. The minimum Gasteiger partial charge on any atom is -0.378 e. The van der Waals surface area contributed by atoms with E-state index in [1.165, 1.54) is 6.07 Å². The third kappa shape index (κ3) is 5.42. The average Bonchev–Trinajstić information content (AvgIpc) is 3.06. The molecule has 11 heteroatoms. The molecule has 0 radical (unpaired) electrons. The third-order valence-corrected chi connectivity index (χ3v) is 8.12. The molecule has 0 aliphatic carbocycles. The van der Waals surface area contributed by atoms with Crippen LogP contribution in [0.2, 0.25) is 8.67 Å². The van der Waals surface area contributed by atoms with E-state index in [2.05, 4.69) is 10.2 Å². The number of hydrogen-bond acceptors (Lipinski definition) is 6. The van der Waals surface area contributed by atoms with Gasteiger partial charge in [-0.1, -0.05) is 30.1 Å². The Kier molecular flexibility index (Phi) is 7.42. The zero-order chi connectivity index (χ0) is 21.0. The number of thiophene rings is 1. The Labute approximate surface area is 184 Å². The van der Waals surface area contributed by atoms with Crippen LogP contribution < -0.4 is 10.2 Å². The first-order valence-corrected chi connectivity index (χ1v) is 12.0. The normalized spacial score (nSPS) is 15.0. The highest BCUT2D eigenvalue weighted by Crippen LogP contribution is 2.35. The Morgan fingerprint density at radius 1 is 1.24 bits per heavy atom. The Morgan fingerprint density at radius 3 is 2.45 bits per heavy atom. The molecule has 1 aliphatic heterocycles. The molecule has 1 aliphatic rings. The molecule has 2 aromatic rings. The summed E-state index contributed by atoms with van der Waals surface area (Å²) < 4.78 is 32.4. The minimum absolute atomic E-state index is 0.0764. The average molecular weight is 478 g/mol. The van der Waals surface area contributed by atoms with Crippen molar-refractivity contribution in [1.82, 2.24) is 4.31 Å². The number of ether oxygens (including phenoxy) is 1. The zero-order valence-corrected chi connectivity index (χ0v) is 18.9. The van der Waals surface area contributed by atoms with Gasteiger partial charge in [0.2, 0.25) is 15.9 Å². The van der Waals surface area contributed by atoms with Crippen molar-refractivity contribution in [2.75, 3.05) is 49.6 Å². The van der Waals surface area contributed by atoms with Crippen LogP contribution in [-0.4, -0.2) is 58.0 Å². The van der Waals surface area contributed by atoms with Crippen LogP contribution in [0.4, 0.5) is 11.4 Å². The predicted molar refractivity (Wildman–Crippen MR) is 117 cm³/mol. The van der Waals surface area contributed by atoms with Crippen molar-refractivity contribution in [1.29, 1.82) is 0 Å². The summed E-state index contributed by atoms with van der Waals surface area (Å²) >= 11 is 12.8. The van der Waals surface area contributed by atoms with Crippen LogP contribution >= 0.6 is 34.5 Å². The van der Waals surface area contributed by atoms with Crippen molar-refractivity contribution in [3.05, 3.63) is 39.0 Å². The molecule has 0 unspecified atom stereocenters. The summed E-state index contributed by atoms with van der Waals surface area (Å²) in [5.74, 6) is -0.438. The number of anilines is 2. The van der Waals surface area contributed by atoms with Gasteiger partial charge in [-0.2, -0.15) is 4.31 Å². The number of nitrogens with one attached hydrogen (secondary N) is 1. The number of carbonyl (C=O) groups is 1. The monoisotopic (exact) mass is 477 g/mol. The van der Waals surface area contributed by atoms with Gasteiger partial charge in [0.25, 0.3) is 0 Å². The lowest BCUT2D eigenvalue weighted by Crippen LogP contribution is -2.37. The molecule has 0 atom stereocenters. The highest BCUT2D eigenvalue weighted by molar-refractivity contribution is 7.89. The first-order chi connectivity index (χ1) is 13.8. The van der Waals surface area contributed by atoms with Crippen LogP contribution in [0.25, 0.3) is 0 Å². The van der Waals surface area contributed by atoms with Gasteiger partial charge in [-0.05, 0) is 30.3 Å². The maximum absolute atomic E-state index is 12.8. The quantitative estimate of drug-likeness (QED) is 0.659. The van der Waals surface area contributed by atoms with Gasteiger partial charge in [0, 0.05) is 31.0 Å². The van der Waals surface area contributed by atoms with E-state index in [0.717, 1.165) is 34.4 Å². The molecule has 2 heterocycles. The largest absolute Gasteiger partial charge is 0.378 e. The maximum Gasteiger partial charge on any atom is 0.245 e. The van der Waals surface area contributed by atoms with Gasteiger partial charge in [0.05, 0.1) is 24.1 Å². The first-order valence-electron chi connectivity index (χ1n) is 8.99. The third-order valence-electron chi connectivity index (χ3n) is 4.44. The van der Waals surface area contributed by atoms with Gasteiger partial charge in [0.1, 0.15) is 9.23 Å². The summed E-state index contributed by atoms with van der Waals surface area (Å²) in [6.45, 7) is 4.49. The molecule has 3 rings (SSSR count). The molecular formula is C18H21Cl2N3O4S2. The Hall–Kier alpha value is -1.36. The number of hydrogen-bond donors (Lipinski definition) is 1. The number of halogens is 2. The lowest BCUT2D eigenvalue weighted by molar-refractivity contribution is -0.116. The summed E-state index contributed by atoms with van der Waals surface area (Å²) in [4.78, 5) is 14.6. The summed E-state index contributed by atoms with van der Waals surface area (Å²) in [5.41, 5.74) is 1.64. The van der Waals surface area contributed by atoms with Crippen LogP contribution in [0, 0.1) is 0 Å². The topological polar surface area (TPSA) is 79.0 Å². The molecule has 1 amide bonds. The van der Waals surface area contributed by atoms with Crippen LogP contribution in [0.3, 0.4) is 0 Å². The molecule has 1 aromatic heterocycles. The number of sulfonamides is 1. The van der Waals surface area contributed by atoms with Crippen LogP contribution in [0.15, 0.2) is 35.2 Å². The molecule has 0 saturated carbocycles. The predicted octanol–water partition coefficient (Wildman–Crippen LogP) is 3.54. The second kappa shape index (κ2) is 9.63. The summed E-state index contributed by atoms with van der Waals surface area (Å²) in [5, 5.41) is 2.74. The molecule has 1 aromatic carbocycles. The van der Waals surface area contributed by atoms with Gasteiger partial charge < -0.3 is 15.0 Å². The molecular weight excluding hydrogens is 457 g/mol. The zero-order valence-electron chi connectivity index (χ0n) is 15.7. The van der Waals surface area contributed by atoms with Crippen LogP contribution in [0.1, 0.15) is 6.92 Å². The lowest BCUT2D eigenvalue weighted by Gasteiger charge is -2.29. The summed E-state index contributed by atoms with van der Waals surface area (Å²) in [7, 11) is -3.92. The number of likely N-dealkylation sites (N-methyl/N-ethyl adjacent to an activating group) is 1. The Bertz CT molecular complexity index is 958. The fraction of sp³-hybridized carbons (Fsp3) is 0.389. The minimum atomic E-state index is -3.92. The molecule has 0 spiro atoms. The SMILES string of the molecule is CCN(CC(=O)Nc1ccc(N2CCOCC2)cc1)S(=O)(=O)c1cc(Cl)sc1Cl. The lowest BCUT2D eigenvalue weighted by atomic mass is 10.2. The fourth-order valence-electron chi connectivity index (χ4n) is 2.94.